The monoisotopic (exact) mass is 265 g/mol. The highest BCUT2D eigenvalue weighted by molar-refractivity contribution is 5.19. The molecule has 0 spiro atoms. The number of nitrogens with two attached hydrogens (primary N) is 1. The van der Waals surface area contributed by atoms with E-state index in [2.05, 4.69) is 29.8 Å². The van der Waals surface area contributed by atoms with Crippen molar-refractivity contribution in [2.24, 2.45) is 5.73 Å². The van der Waals surface area contributed by atoms with Crippen molar-refractivity contribution in [1.82, 2.24) is 9.88 Å². The Morgan fingerprint density at radius 2 is 2.37 bits per heavy atom. The van der Waals surface area contributed by atoms with Gasteiger partial charge in [0.1, 0.15) is 0 Å². The third-order valence-corrected chi connectivity index (χ3v) is 3.33. The maximum Gasteiger partial charge on any atom is 0.0940 e. The first-order valence-corrected chi connectivity index (χ1v) is 6.68. The molecule has 1 atom stereocenters. The number of aliphatic hydroxyl groups excluding tert-OH is 1. The van der Waals surface area contributed by atoms with E-state index in [1.54, 1.807) is 6.20 Å². The first kappa shape index (κ1) is 14.4. The van der Waals surface area contributed by atoms with Gasteiger partial charge in [-0.1, -0.05) is 6.07 Å². The van der Waals surface area contributed by atoms with E-state index in [1.807, 2.05) is 6.07 Å². The molecule has 0 aromatic carbocycles. The topological polar surface area (TPSA) is 71.6 Å². The van der Waals surface area contributed by atoms with Crippen LogP contribution in [0.25, 0.3) is 0 Å². The summed E-state index contributed by atoms with van der Waals surface area (Å²) >= 11 is 0. The highest BCUT2D eigenvalue weighted by Crippen LogP contribution is 2.22. The van der Waals surface area contributed by atoms with E-state index in [4.69, 9.17) is 10.5 Å². The maximum absolute atomic E-state index is 9.32. The number of aromatic nitrogens is 1. The lowest BCUT2D eigenvalue weighted by atomic mass is 10.0. The first-order chi connectivity index (χ1) is 9.04. The molecule has 19 heavy (non-hydrogen) atoms. The number of morpholine rings is 1. The molecule has 106 valence electrons. The first-order valence-electron chi connectivity index (χ1n) is 6.68. The summed E-state index contributed by atoms with van der Waals surface area (Å²) in [6, 6.07) is 4.00. The Morgan fingerprint density at radius 1 is 1.58 bits per heavy atom. The molecule has 5 nitrogen and oxygen atoms in total. The summed E-state index contributed by atoms with van der Waals surface area (Å²) in [5.41, 5.74) is 7.57. The quantitative estimate of drug-likeness (QED) is 0.830. The van der Waals surface area contributed by atoms with Crippen LogP contribution in [0, 0.1) is 0 Å². The predicted octanol–water partition coefficient (Wildman–Crippen LogP) is 0.512. The molecule has 1 aromatic rings. The minimum atomic E-state index is -0.239. The molecule has 3 N–H and O–H groups in total. The van der Waals surface area contributed by atoms with Crippen LogP contribution in [0.15, 0.2) is 18.3 Å². The van der Waals surface area contributed by atoms with E-state index < -0.39 is 0 Å². The number of pyridine rings is 1. The van der Waals surface area contributed by atoms with Crippen molar-refractivity contribution < 1.29 is 9.84 Å². The van der Waals surface area contributed by atoms with Crippen LogP contribution >= 0.6 is 0 Å². The molecule has 2 rings (SSSR count). The lowest BCUT2D eigenvalue weighted by Crippen LogP contribution is -2.53. The van der Waals surface area contributed by atoms with E-state index in [0.29, 0.717) is 6.54 Å². The number of ether oxygens (including phenoxy) is 1. The van der Waals surface area contributed by atoms with Gasteiger partial charge >= 0.3 is 0 Å². The van der Waals surface area contributed by atoms with E-state index in [-0.39, 0.29) is 18.3 Å². The Kier molecular flexibility index (Phi) is 4.52. The van der Waals surface area contributed by atoms with Gasteiger partial charge in [0.15, 0.2) is 0 Å². The summed E-state index contributed by atoms with van der Waals surface area (Å²) in [4.78, 5) is 6.60. The Bertz CT molecular complexity index is 423. The standard InChI is InChI=1S/C14H23N3O2/c1-14(2)10-17(8-12(9-18)19-14)7-11-4-3-5-16-13(11)6-15/h3-5,12,18H,6-10,15H2,1-2H3. The van der Waals surface area contributed by atoms with Gasteiger partial charge in [0.2, 0.25) is 0 Å². The molecule has 1 unspecified atom stereocenters. The minimum Gasteiger partial charge on any atom is -0.394 e. The Morgan fingerprint density at radius 3 is 3.05 bits per heavy atom. The molecule has 0 bridgehead atoms. The summed E-state index contributed by atoms with van der Waals surface area (Å²) < 4.78 is 5.82. The van der Waals surface area contributed by atoms with E-state index in [1.165, 1.54) is 0 Å². The van der Waals surface area contributed by atoms with Gasteiger partial charge in [-0.2, -0.15) is 0 Å². The number of hydrogen-bond donors (Lipinski definition) is 2. The Hall–Kier alpha value is -1.01. The van der Waals surface area contributed by atoms with Gasteiger partial charge in [0.05, 0.1) is 24.0 Å². The highest BCUT2D eigenvalue weighted by Gasteiger charge is 2.33. The summed E-state index contributed by atoms with van der Waals surface area (Å²) in [5.74, 6) is 0. The molecule has 1 saturated heterocycles. The third-order valence-electron chi connectivity index (χ3n) is 3.33. The van der Waals surface area contributed by atoms with Gasteiger partial charge in [-0.15, -0.1) is 0 Å². The Balaban J connectivity index is 2.09. The molecule has 0 aliphatic carbocycles. The lowest BCUT2D eigenvalue weighted by molar-refractivity contribution is -0.150. The fraction of sp³-hybridized carbons (Fsp3) is 0.643. The van der Waals surface area contributed by atoms with Crippen molar-refractivity contribution in [3.05, 3.63) is 29.6 Å². The minimum absolute atomic E-state index is 0.0523. The van der Waals surface area contributed by atoms with Crippen molar-refractivity contribution in [3.63, 3.8) is 0 Å². The molecule has 1 fully saturated rings. The third kappa shape index (κ3) is 3.73. The highest BCUT2D eigenvalue weighted by atomic mass is 16.5. The summed E-state index contributed by atoms with van der Waals surface area (Å²) in [6.07, 6.45) is 1.65. The van der Waals surface area contributed by atoms with Crippen molar-refractivity contribution >= 4 is 0 Å². The van der Waals surface area contributed by atoms with Crippen LogP contribution in [-0.2, 0) is 17.8 Å². The van der Waals surface area contributed by atoms with Gasteiger partial charge in [0, 0.05) is 32.4 Å². The van der Waals surface area contributed by atoms with Crippen molar-refractivity contribution in [2.45, 2.75) is 38.6 Å². The predicted molar refractivity (Wildman–Crippen MR) is 73.4 cm³/mol. The van der Waals surface area contributed by atoms with E-state index >= 15 is 0 Å². The van der Waals surface area contributed by atoms with Crippen molar-refractivity contribution in [3.8, 4) is 0 Å². The fourth-order valence-corrected chi connectivity index (χ4v) is 2.67. The van der Waals surface area contributed by atoms with Crippen LogP contribution < -0.4 is 5.73 Å². The summed E-state index contributed by atoms with van der Waals surface area (Å²) in [5, 5.41) is 9.32. The molecule has 5 heteroatoms. The van der Waals surface area contributed by atoms with Gasteiger partial charge < -0.3 is 15.6 Å². The van der Waals surface area contributed by atoms with Crippen molar-refractivity contribution in [1.29, 1.82) is 0 Å². The zero-order valence-corrected chi connectivity index (χ0v) is 11.7. The normalized spacial score (nSPS) is 23.5. The summed E-state index contributed by atoms with van der Waals surface area (Å²) in [6.45, 7) is 6.97. The average Bonchev–Trinajstić information content (AvgIpc) is 2.37. The SMILES string of the molecule is CC1(C)CN(Cc2cccnc2CN)CC(CO)O1. The number of hydrogen-bond acceptors (Lipinski definition) is 5. The van der Waals surface area contributed by atoms with Crippen LogP contribution in [0.1, 0.15) is 25.1 Å². The summed E-state index contributed by atoms with van der Waals surface area (Å²) in [7, 11) is 0. The van der Waals surface area contributed by atoms with Crippen LogP contribution in [-0.4, -0.2) is 46.4 Å². The second-order valence-electron chi connectivity index (χ2n) is 5.67. The zero-order valence-electron chi connectivity index (χ0n) is 11.7. The molecular weight excluding hydrogens is 242 g/mol. The molecule has 0 radical (unpaired) electrons. The van der Waals surface area contributed by atoms with Crippen LogP contribution in [0.5, 0.6) is 0 Å². The van der Waals surface area contributed by atoms with Gasteiger partial charge in [-0.25, -0.2) is 0 Å². The smallest absolute Gasteiger partial charge is 0.0940 e. The molecule has 1 aliphatic rings. The van der Waals surface area contributed by atoms with Gasteiger partial charge in [0.25, 0.3) is 0 Å². The lowest BCUT2D eigenvalue weighted by Gasteiger charge is -2.42. The second-order valence-corrected chi connectivity index (χ2v) is 5.67. The van der Waals surface area contributed by atoms with Crippen LogP contribution in [0.3, 0.4) is 0 Å². The van der Waals surface area contributed by atoms with Gasteiger partial charge in [-0.3, -0.25) is 9.88 Å². The van der Waals surface area contributed by atoms with E-state index in [9.17, 15) is 5.11 Å². The molecule has 1 aliphatic heterocycles. The van der Waals surface area contributed by atoms with E-state index in [0.717, 1.165) is 30.9 Å². The Labute approximate surface area is 114 Å². The molecule has 1 aromatic heterocycles. The maximum atomic E-state index is 9.32. The molecular formula is C14H23N3O2. The molecule has 0 saturated carbocycles. The fourth-order valence-electron chi connectivity index (χ4n) is 2.67. The zero-order chi connectivity index (χ0) is 13.9. The second kappa shape index (κ2) is 5.96. The van der Waals surface area contributed by atoms with Crippen LogP contribution in [0.2, 0.25) is 0 Å². The van der Waals surface area contributed by atoms with Crippen LogP contribution in [0.4, 0.5) is 0 Å². The average molecular weight is 265 g/mol. The number of aliphatic hydroxyl groups is 1. The largest absolute Gasteiger partial charge is 0.394 e. The molecule has 0 amide bonds. The van der Waals surface area contributed by atoms with Crippen molar-refractivity contribution in [2.75, 3.05) is 19.7 Å². The number of nitrogens with zero attached hydrogens (tertiary/aromatic N) is 2. The van der Waals surface area contributed by atoms with Gasteiger partial charge in [-0.05, 0) is 25.5 Å². The molecule has 2 heterocycles. The number of rotatable bonds is 4.